The molecule has 1 saturated heterocycles. The van der Waals surface area contributed by atoms with Crippen LogP contribution in [0.1, 0.15) is 52.4 Å². The van der Waals surface area contributed by atoms with Crippen molar-refractivity contribution < 1.29 is 5.11 Å². The molecule has 2 fully saturated rings. The molecule has 4 atom stereocenters. The van der Waals surface area contributed by atoms with Crippen LogP contribution >= 0.6 is 0 Å². The van der Waals surface area contributed by atoms with Gasteiger partial charge < -0.3 is 5.11 Å². The van der Waals surface area contributed by atoms with Crippen molar-refractivity contribution in [2.45, 2.75) is 76.6 Å². The van der Waals surface area contributed by atoms with E-state index in [4.69, 9.17) is 0 Å². The van der Waals surface area contributed by atoms with Gasteiger partial charge in [-0.05, 0) is 45.4 Å². The van der Waals surface area contributed by atoms with Crippen molar-refractivity contribution in [3.63, 3.8) is 0 Å². The van der Waals surface area contributed by atoms with Crippen LogP contribution in [0, 0.1) is 0 Å². The van der Waals surface area contributed by atoms with E-state index in [2.05, 4.69) is 18.7 Å². The van der Waals surface area contributed by atoms with Crippen LogP contribution in [-0.4, -0.2) is 34.2 Å². The van der Waals surface area contributed by atoms with Crippen LogP contribution in [0.15, 0.2) is 0 Å². The SMILES string of the molecule is CCC1CCC(C)N1C1CCCC1O. The van der Waals surface area contributed by atoms with Crippen LogP contribution in [0.2, 0.25) is 0 Å². The predicted molar refractivity (Wildman–Crippen MR) is 58.3 cm³/mol. The molecule has 0 radical (unpaired) electrons. The van der Waals surface area contributed by atoms with Crippen LogP contribution < -0.4 is 0 Å². The van der Waals surface area contributed by atoms with Crippen LogP contribution in [-0.2, 0) is 0 Å². The zero-order chi connectivity index (χ0) is 10.1. The minimum Gasteiger partial charge on any atom is -0.391 e. The maximum atomic E-state index is 9.94. The summed E-state index contributed by atoms with van der Waals surface area (Å²) >= 11 is 0. The Morgan fingerprint density at radius 2 is 2.00 bits per heavy atom. The van der Waals surface area contributed by atoms with E-state index < -0.39 is 0 Å². The summed E-state index contributed by atoms with van der Waals surface area (Å²) in [4.78, 5) is 2.61. The molecule has 1 aliphatic carbocycles. The minimum absolute atomic E-state index is 0.0513. The van der Waals surface area contributed by atoms with E-state index in [0.717, 1.165) is 12.5 Å². The zero-order valence-corrected chi connectivity index (χ0v) is 9.45. The van der Waals surface area contributed by atoms with E-state index in [1.54, 1.807) is 0 Å². The van der Waals surface area contributed by atoms with Gasteiger partial charge in [-0.25, -0.2) is 0 Å². The summed E-state index contributed by atoms with van der Waals surface area (Å²) in [5.41, 5.74) is 0. The molecule has 1 aliphatic heterocycles. The highest BCUT2D eigenvalue weighted by Gasteiger charge is 2.39. The summed E-state index contributed by atoms with van der Waals surface area (Å²) < 4.78 is 0. The third-order valence-electron chi connectivity index (χ3n) is 4.15. The molecule has 0 amide bonds. The molecule has 0 spiro atoms. The van der Waals surface area contributed by atoms with E-state index in [-0.39, 0.29) is 6.10 Å². The number of hydrogen-bond donors (Lipinski definition) is 1. The third kappa shape index (κ3) is 1.70. The average molecular weight is 197 g/mol. The van der Waals surface area contributed by atoms with E-state index >= 15 is 0 Å². The molecule has 2 rings (SSSR count). The lowest BCUT2D eigenvalue weighted by molar-refractivity contribution is 0.0418. The van der Waals surface area contributed by atoms with Crippen LogP contribution in [0.3, 0.4) is 0 Å². The summed E-state index contributed by atoms with van der Waals surface area (Å²) in [6.07, 6.45) is 7.29. The largest absolute Gasteiger partial charge is 0.391 e. The van der Waals surface area contributed by atoms with Gasteiger partial charge in [0.1, 0.15) is 0 Å². The third-order valence-corrected chi connectivity index (χ3v) is 4.15. The highest BCUT2D eigenvalue weighted by Crippen LogP contribution is 2.34. The Morgan fingerprint density at radius 1 is 1.21 bits per heavy atom. The lowest BCUT2D eigenvalue weighted by atomic mass is 10.1. The Balaban J connectivity index is 2.06. The fourth-order valence-electron chi connectivity index (χ4n) is 3.37. The van der Waals surface area contributed by atoms with Gasteiger partial charge in [-0.2, -0.15) is 0 Å². The van der Waals surface area contributed by atoms with Gasteiger partial charge in [-0.1, -0.05) is 6.92 Å². The summed E-state index contributed by atoms with van der Waals surface area (Å²) in [6, 6.07) is 1.90. The van der Waals surface area contributed by atoms with E-state index in [1.807, 2.05) is 0 Å². The molecule has 2 nitrogen and oxygen atoms in total. The van der Waals surface area contributed by atoms with Crippen molar-refractivity contribution in [2.75, 3.05) is 0 Å². The number of hydrogen-bond acceptors (Lipinski definition) is 2. The fraction of sp³-hybridized carbons (Fsp3) is 1.00. The second-order valence-electron chi connectivity index (χ2n) is 5.00. The molecule has 2 aliphatic rings. The van der Waals surface area contributed by atoms with Crippen molar-refractivity contribution in [1.82, 2.24) is 4.90 Å². The Kier molecular flexibility index (Phi) is 3.13. The Bertz CT molecular complexity index is 195. The fourth-order valence-corrected chi connectivity index (χ4v) is 3.37. The quantitative estimate of drug-likeness (QED) is 0.733. The first-order chi connectivity index (χ1) is 6.74. The normalized spacial score (nSPS) is 44.8. The highest BCUT2D eigenvalue weighted by molar-refractivity contribution is 4.94. The molecule has 82 valence electrons. The van der Waals surface area contributed by atoms with Gasteiger partial charge in [0, 0.05) is 18.1 Å². The van der Waals surface area contributed by atoms with Gasteiger partial charge in [-0.15, -0.1) is 0 Å². The van der Waals surface area contributed by atoms with Gasteiger partial charge in [0.2, 0.25) is 0 Å². The van der Waals surface area contributed by atoms with Crippen molar-refractivity contribution in [2.24, 2.45) is 0 Å². The Labute approximate surface area is 87.3 Å². The number of aliphatic hydroxyl groups excluding tert-OH is 1. The summed E-state index contributed by atoms with van der Waals surface area (Å²) in [5, 5.41) is 9.94. The van der Waals surface area contributed by atoms with Gasteiger partial charge in [0.05, 0.1) is 6.10 Å². The molecule has 0 aromatic carbocycles. The van der Waals surface area contributed by atoms with Crippen LogP contribution in [0.25, 0.3) is 0 Å². The first-order valence-electron chi connectivity index (χ1n) is 6.19. The average Bonchev–Trinajstić information content (AvgIpc) is 2.72. The minimum atomic E-state index is -0.0513. The zero-order valence-electron chi connectivity index (χ0n) is 9.45. The predicted octanol–water partition coefficient (Wildman–Crippen LogP) is 2.16. The van der Waals surface area contributed by atoms with Gasteiger partial charge in [0.15, 0.2) is 0 Å². The molecular weight excluding hydrogens is 174 g/mol. The molecule has 0 aromatic rings. The molecule has 2 heteroatoms. The molecule has 1 saturated carbocycles. The monoisotopic (exact) mass is 197 g/mol. The number of nitrogens with zero attached hydrogens (tertiary/aromatic N) is 1. The van der Waals surface area contributed by atoms with Crippen molar-refractivity contribution in [3.05, 3.63) is 0 Å². The molecule has 4 unspecified atom stereocenters. The van der Waals surface area contributed by atoms with E-state index in [0.29, 0.717) is 12.1 Å². The smallest absolute Gasteiger partial charge is 0.0695 e. The molecular formula is C12H23NO. The summed E-state index contributed by atoms with van der Waals surface area (Å²) in [7, 11) is 0. The topological polar surface area (TPSA) is 23.5 Å². The number of likely N-dealkylation sites (tertiary alicyclic amines) is 1. The van der Waals surface area contributed by atoms with E-state index in [1.165, 1.54) is 32.1 Å². The van der Waals surface area contributed by atoms with Gasteiger partial charge in [0.25, 0.3) is 0 Å². The molecule has 1 N–H and O–H groups in total. The van der Waals surface area contributed by atoms with Gasteiger partial charge >= 0.3 is 0 Å². The Hall–Kier alpha value is -0.0800. The van der Waals surface area contributed by atoms with Crippen molar-refractivity contribution in [3.8, 4) is 0 Å². The molecule has 0 aromatic heterocycles. The van der Waals surface area contributed by atoms with Crippen LogP contribution in [0.4, 0.5) is 0 Å². The number of rotatable bonds is 2. The molecule has 1 heterocycles. The first-order valence-corrected chi connectivity index (χ1v) is 6.19. The Morgan fingerprint density at radius 3 is 2.57 bits per heavy atom. The lowest BCUT2D eigenvalue weighted by Gasteiger charge is -2.35. The first kappa shape index (κ1) is 10.4. The second-order valence-corrected chi connectivity index (χ2v) is 5.00. The standard InChI is InChI=1S/C12H23NO/c1-3-10-8-7-9(2)13(10)11-5-4-6-12(11)14/h9-12,14H,3-8H2,1-2H3. The molecule has 0 bridgehead atoms. The highest BCUT2D eigenvalue weighted by atomic mass is 16.3. The van der Waals surface area contributed by atoms with Gasteiger partial charge in [-0.3, -0.25) is 4.90 Å². The molecule has 14 heavy (non-hydrogen) atoms. The maximum absolute atomic E-state index is 9.94. The lowest BCUT2D eigenvalue weighted by Crippen LogP contribution is -2.46. The van der Waals surface area contributed by atoms with E-state index in [9.17, 15) is 5.11 Å². The van der Waals surface area contributed by atoms with Crippen molar-refractivity contribution in [1.29, 1.82) is 0 Å². The second kappa shape index (κ2) is 4.19. The summed E-state index contributed by atoms with van der Waals surface area (Å²) in [5.74, 6) is 0. The summed E-state index contributed by atoms with van der Waals surface area (Å²) in [6.45, 7) is 4.59. The van der Waals surface area contributed by atoms with Crippen LogP contribution in [0.5, 0.6) is 0 Å². The number of aliphatic hydroxyl groups is 1. The van der Waals surface area contributed by atoms with Crippen molar-refractivity contribution >= 4 is 0 Å². The maximum Gasteiger partial charge on any atom is 0.0695 e.